The van der Waals surface area contributed by atoms with E-state index >= 15 is 0 Å². The Morgan fingerprint density at radius 3 is 2.60 bits per heavy atom. The minimum absolute atomic E-state index is 0. The van der Waals surface area contributed by atoms with E-state index in [0.29, 0.717) is 44.2 Å². The van der Waals surface area contributed by atoms with Gasteiger partial charge < -0.3 is 15.8 Å². The second-order valence-corrected chi connectivity index (χ2v) is 5.13. The van der Waals surface area contributed by atoms with E-state index in [4.69, 9.17) is 22.1 Å². The molecule has 1 aliphatic heterocycles. The second kappa shape index (κ2) is 7.84. The van der Waals surface area contributed by atoms with E-state index < -0.39 is 5.41 Å². The molecule has 0 spiro atoms. The van der Waals surface area contributed by atoms with Crippen LogP contribution in [-0.4, -0.2) is 32.2 Å². The first-order valence-corrected chi connectivity index (χ1v) is 6.89. The summed E-state index contributed by atoms with van der Waals surface area (Å²) in [6.45, 7) is 2.05. The lowest BCUT2D eigenvalue weighted by Crippen LogP contribution is -2.49. The van der Waals surface area contributed by atoms with Crippen LogP contribution in [0.1, 0.15) is 18.4 Å². The van der Waals surface area contributed by atoms with Crippen molar-refractivity contribution in [2.45, 2.75) is 18.3 Å². The number of rotatable bonds is 4. The molecule has 0 atom stereocenters. The molecule has 3 N–H and O–H groups in total. The fraction of sp³-hybridized carbons (Fsp3) is 0.500. The number of hydrogen-bond acceptors (Lipinski definition) is 3. The van der Waals surface area contributed by atoms with Crippen molar-refractivity contribution in [1.82, 2.24) is 5.32 Å². The first kappa shape index (κ1) is 17.2. The zero-order chi connectivity index (χ0) is 13.7. The van der Waals surface area contributed by atoms with Gasteiger partial charge in [-0.3, -0.25) is 4.79 Å². The van der Waals surface area contributed by atoms with Crippen LogP contribution in [0.4, 0.5) is 0 Å². The van der Waals surface area contributed by atoms with E-state index in [-0.39, 0.29) is 18.3 Å². The van der Waals surface area contributed by atoms with Crippen LogP contribution in [0.15, 0.2) is 24.3 Å². The molecule has 1 aliphatic rings. The van der Waals surface area contributed by atoms with E-state index in [2.05, 4.69) is 5.32 Å². The van der Waals surface area contributed by atoms with Crippen LogP contribution in [0.25, 0.3) is 0 Å². The van der Waals surface area contributed by atoms with Gasteiger partial charge in [0.1, 0.15) is 0 Å². The minimum atomic E-state index is -0.592. The van der Waals surface area contributed by atoms with Crippen molar-refractivity contribution >= 4 is 29.9 Å². The number of benzene rings is 1. The number of nitrogens with two attached hydrogens (primary N) is 1. The van der Waals surface area contributed by atoms with Crippen LogP contribution < -0.4 is 11.1 Å². The Bertz CT molecular complexity index is 449. The highest BCUT2D eigenvalue weighted by molar-refractivity contribution is 6.31. The summed E-state index contributed by atoms with van der Waals surface area (Å²) >= 11 is 6.28. The van der Waals surface area contributed by atoms with Crippen LogP contribution >= 0.6 is 24.0 Å². The molecular weight excluding hydrogens is 299 g/mol. The normalized spacial score (nSPS) is 17.1. The standard InChI is InChI=1S/C14H19ClN2O2.ClH/c15-12-4-2-1-3-11(12)14(5-9-19-10-6-14)13(18)17-8-7-16;/h1-4H,5-10,16H2,(H,17,18);1H. The molecule has 0 aliphatic carbocycles. The summed E-state index contributed by atoms with van der Waals surface area (Å²) in [6, 6.07) is 7.53. The molecule has 6 heteroatoms. The van der Waals surface area contributed by atoms with Crippen molar-refractivity contribution in [2.24, 2.45) is 5.73 Å². The molecule has 1 saturated heterocycles. The third-order valence-electron chi connectivity index (χ3n) is 3.60. The van der Waals surface area contributed by atoms with E-state index in [0.717, 1.165) is 5.56 Å². The van der Waals surface area contributed by atoms with Gasteiger partial charge in [-0.15, -0.1) is 12.4 Å². The SMILES string of the molecule is Cl.NCCNC(=O)C1(c2ccccc2Cl)CCOCC1. The summed E-state index contributed by atoms with van der Waals surface area (Å²) in [5, 5.41) is 3.52. The molecule has 1 aromatic carbocycles. The Morgan fingerprint density at radius 1 is 1.35 bits per heavy atom. The number of hydrogen-bond donors (Lipinski definition) is 2. The van der Waals surface area contributed by atoms with Crippen LogP contribution in [-0.2, 0) is 14.9 Å². The third-order valence-corrected chi connectivity index (χ3v) is 3.93. The monoisotopic (exact) mass is 318 g/mol. The van der Waals surface area contributed by atoms with Crippen molar-refractivity contribution < 1.29 is 9.53 Å². The van der Waals surface area contributed by atoms with Gasteiger partial charge in [-0.1, -0.05) is 29.8 Å². The van der Waals surface area contributed by atoms with Gasteiger partial charge in [0.05, 0.1) is 5.41 Å². The molecule has 112 valence electrons. The quantitative estimate of drug-likeness (QED) is 0.891. The molecule has 0 bridgehead atoms. The first-order valence-electron chi connectivity index (χ1n) is 6.52. The molecule has 0 unspecified atom stereocenters. The van der Waals surface area contributed by atoms with Crippen LogP contribution in [0, 0.1) is 0 Å². The largest absolute Gasteiger partial charge is 0.381 e. The van der Waals surface area contributed by atoms with Gasteiger partial charge in [-0.25, -0.2) is 0 Å². The van der Waals surface area contributed by atoms with Crippen LogP contribution in [0.5, 0.6) is 0 Å². The van der Waals surface area contributed by atoms with E-state index in [1.54, 1.807) is 0 Å². The molecule has 0 saturated carbocycles. The molecule has 2 rings (SSSR count). The number of halogens is 2. The second-order valence-electron chi connectivity index (χ2n) is 4.72. The lowest BCUT2D eigenvalue weighted by Gasteiger charge is -2.36. The highest BCUT2D eigenvalue weighted by Gasteiger charge is 2.42. The lowest BCUT2D eigenvalue weighted by atomic mass is 9.73. The zero-order valence-corrected chi connectivity index (χ0v) is 12.8. The van der Waals surface area contributed by atoms with Crippen molar-refractivity contribution in [3.8, 4) is 0 Å². The van der Waals surface area contributed by atoms with Gasteiger partial charge in [0.25, 0.3) is 0 Å². The zero-order valence-electron chi connectivity index (χ0n) is 11.2. The Kier molecular flexibility index (Phi) is 6.76. The van der Waals surface area contributed by atoms with E-state index in [1.807, 2.05) is 24.3 Å². The maximum Gasteiger partial charge on any atom is 0.230 e. The predicted molar refractivity (Wildman–Crippen MR) is 82.5 cm³/mol. The van der Waals surface area contributed by atoms with E-state index in [1.165, 1.54) is 0 Å². The number of nitrogens with one attached hydrogen (secondary N) is 1. The van der Waals surface area contributed by atoms with Gasteiger partial charge in [-0.05, 0) is 24.5 Å². The number of ether oxygens (including phenoxy) is 1. The van der Waals surface area contributed by atoms with Crippen molar-refractivity contribution in [3.05, 3.63) is 34.9 Å². The fourth-order valence-corrected chi connectivity index (χ4v) is 2.86. The van der Waals surface area contributed by atoms with Gasteiger partial charge >= 0.3 is 0 Å². The molecule has 1 aromatic rings. The Labute approximate surface area is 130 Å². The minimum Gasteiger partial charge on any atom is -0.381 e. The average molecular weight is 319 g/mol. The van der Waals surface area contributed by atoms with Gasteiger partial charge in [-0.2, -0.15) is 0 Å². The Balaban J connectivity index is 0.00000200. The highest BCUT2D eigenvalue weighted by Crippen LogP contribution is 2.38. The maximum atomic E-state index is 12.6. The Hall–Kier alpha value is -0.810. The number of carbonyl (C=O) groups is 1. The molecule has 0 radical (unpaired) electrons. The van der Waals surface area contributed by atoms with Crippen LogP contribution in [0.2, 0.25) is 5.02 Å². The molecule has 1 heterocycles. The summed E-state index contributed by atoms with van der Waals surface area (Å²) in [5.74, 6) is -0.00523. The lowest BCUT2D eigenvalue weighted by molar-refractivity contribution is -0.130. The summed E-state index contributed by atoms with van der Waals surface area (Å²) in [6.07, 6.45) is 1.29. The maximum absolute atomic E-state index is 12.6. The predicted octanol–water partition coefficient (Wildman–Crippen LogP) is 1.88. The summed E-state index contributed by atoms with van der Waals surface area (Å²) in [4.78, 5) is 12.6. The third kappa shape index (κ3) is 3.44. The number of amides is 1. The Morgan fingerprint density at radius 2 is 2.00 bits per heavy atom. The summed E-state index contributed by atoms with van der Waals surface area (Å²) in [7, 11) is 0. The molecule has 0 aromatic heterocycles. The smallest absolute Gasteiger partial charge is 0.230 e. The van der Waals surface area contributed by atoms with Crippen molar-refractivity contribution in [2.75, 3.05) is 26.3 Å². The van der Waals surface area contributed by atoms with Gasteiger partial charge in [0.2, 0.25) is 5.91 Å². The summed E-state index contributed by atoms with van der Waals surface area (Å²) in [5.41, 5.74) is 5.74. The van der Waals surface area contributed by atoms with Crippen molar-refractivity contribution in [1.29, 1.82) is 0 Å². The molecular formula is C14H20Cl2N2O2. The number of carbonyl (C=O) groups excluding carboxylic acids is 1. The fourth-order valence-electron chi connectivity index (χ4n) is 2.54. The van der Waals surface area contributed by atoms with Crippen LogP contribution in [0.3, 0.4) is 0 Å². The molecule has 1 fully saturated rings. The molecule has 20 heavy (non-hydrogen) atoms. The van der Waals surface area contributed by atoms with Crippen molar-refractivity contribution in [3.63, 3.8) is 0 Å². The first-order chi connectivity index (χ1) is 9.20. The van der Waals surface area contributed by atoms with E-state index in [9.17, 15) is 4.79 Å². The summed E-state index contributed by atoms with van der Waals surface area (Å²) < 4.78 is 5.39. The van der Waals surface area contributed by atoms with Gasteiger partial charge in [0, 0.05) is 31.3 Å². The molecule has 1 amide bonds. The molecule has 4 nitrogen and oxygen atoms in total. The highest BCUT2D eigenvalue weighted by atomic mass is 35.5. The average Bonchev–Trinajstić information content (AvgIpc) is 2.46. The topological polar surface area (TPSA) is 64.3 Å². The van der Waals surface area contributed by atoms with Gasteiger partial charge in [0.15, 0.2) is 0 Å².